The molecule has 7 aromatic rings. The molecule has 1 atom stereocenters. The molecular weight excluding hydrogens is 602 g/mol. The topological polar surface area (TPSA) is 123 Å². The summed E-state index contributed by atoms with van der Waals surface area (Å²) in [5, 5.41) is 15.1. The smallest absolute Gasteiger partial charge is 0.226 e. The van der Waals surface area contributed by atoms with E-state index in [-0.39, 0.29) is 18.2 Å². The lowest BCUT2D eigenvalue weighted by Crippen LogP contribution is -2.31. The second-order valence-electron chi connectivity index (χ2n) is 11.7. The van der Waals surface area contributed by atoms with Crippen LogP contribution in [0.15, 0.2) is 104 Å². The van der Waals surface area contributed by atoms with Crippen LogP contribution in [0.3, 0.4) is 0 Å². The lowest BCUT2D eigenvalue weighted by Gasteiger charge is -2.20. The average molecular weight is 640 g/mol. The van der Waals surface area contributed by atoms with Gasteiger partial charge in [-0.3, -0.25) is 9.78 Å². The number of hydrogen-bond donors (Lipinski definition) is 3. The number of benzene rings is 3. The number of nitrogens with one attached hydrogen (secondary N) is 3. The molecule has 0 saturated carbocycles. The molecule has 0 aliphatic heterocycles. The van der Waals surface area contributed by atoms with E-state index in [0.29, 0.717) is 36.7 Å². The summed E-state index contributed by atoms with van der Waals surface area (Å²) in [7, 11) is 3.30. The first-order valence-electron chi connectivity index (χ1n) is 16.0. The Morgan fingerprint density at radius 3 is 2.40 bits per heavy atom. The van der Waals surface area contributed by atoms with Gasteiger partial charge in [-0.2, -0.15) is 0 Å². The molecule has 10 nitrogen and oxygen atoms in total. The molecule has 242 valence electrons. The van der Waals surface area contributed by atoms with Crippen molar-refractivity contribution in [2.75, 3.05) is 20.8 Å². The summed E-state index contributed by atoms with van der Waals surface area (Å²) in [6.07, 6.45) is 7.42. The minimum absolute atomic E-state index is 0.110. The fourth-order valence-corrected chi connectivity index (χ4v) is 6.37. The van der Waals surface area contributed by atoms with Crippen LogP contribution in [-0.2, 0) is 30.6 Å². The minimum atomic E-state index is -0.299. The lowest BCUT2D eigenvalue weighted by molar-refractivity contribution is -0.120. The number of pyridine rings is 1. The zero-order chi connectivity index (χ0) is 32.9. The van der Waals surface area contributed by atoms with Crippen LogP contribution in [0, 0.1) is 0 Å². The summed E-state index contributed by atoms with van der Waals surface area (Å²) in [5.41, 5.74) is 6.05. The van der Waals surface area contributed by atoms with E-state index in [2.05, 4.69) is 61.4 Å². The summed E-state index contributed by atoms with van der Waals surface area (Å²) in [4.78, 5) is 24.4. The van der Waals surface area contributed by atoms with Gasteiger partial charge in [0.2, 0.25) is 5.91 Å². The number of ether oxygens (including phenoxy) is 2. The largest absolute Gasteiger partial charge is 0.497 e. The monoisotopic (exact) mass is 639 g/mol. The van der Waals surface area contributed by atoms with Gasteiger partial charge >= 0.3 is 0 Å². The quantitative estimate of drug-likeness (QED) is 0.143. The van der Waals surface area contributed by atoms with Crippen molar-refractivity contribution in [1.82, 2.24) is 35.0 Å². The molecule has 1 unspecified atom stereocenters. The van der Waals surface area contributed by atoms with Gasteiger partial charge in [0.1, 0.15) is 23.1 Å². The molecule has 1 amide bonds. The number of aromatic nitrogens is 6. The third kappa shape index (κ3) is 6.37. The number of rotatable bonds is 13. The van der Waals surface area contributed by atoms with Crippen LogP contribution in [-0.4, -0.2) is 56.4 Å². The van der Waals surface area contributed by atoms with Crippen molar-refractivity contribution in [2.24, 2.45) is 0 Å². The molecule has 0 spiro atoms. The van der Waals surface area contributed by atoms with Crippen molar-refractivity contribution in [3.63, 3.8) is 0 Å². The summed E-state index contributed by atoms with van der Waals surface area (Å²) in [5.74, 6) is 2.62. The van der Waals surface area contributed by atoms with Crippen molar-refractivity contribution in [2.45, 2.75) is 31.7 Å². The van der Waals surface area contributed by atoms with Crippen LogP contribution in [0.4, 0.5) is 0 Å². The van der Waals surface area contributed by atoms with Crippen molar-refractivity contribution in [1.29, 1.82) is 0 Å². The second-order valence-corrected chi connectivity index (χ2v) is 11.7. The maximum absolute atomic E-state index is 13.2. The number of aromatic amines is 2. The lowest BCUT2D eigenvalue weighted by atomic mass is 9.96. The average Bonchev–Trinajstić information content (AvgIpc) is 3.86. The number of methoxy groups -OCH3 is 2. The zero-order valence-corrected chi connectivity index (χ0v) is 26.9. The van der Waals surface area contributed by atoms with E-state index < -0.39 is 0 Å². The van der Waals surface area contributed by atoms with E-state index in [1.807, 2.05) is 60.8 Å². The molecule has 0 saturated heterocycles. The Hall–Kier alpha value is -5.90. The number of fused-ring (bicyclic) bond motifs is 2. The second kappa shape index (κ2) is 13.8. The third-order valence-electron chi connectivity index (χ3n) is 8.85. The molecule has 7 rings (SSSR count). The van der Waals surface area contributed by atoms with E-state index in [4.69, 9.17) is 19.7 Å². The summed E-state index contributed by atoms with van der Waals surface area (Å²) >= 11 is 0. The van der Waals surface area contributed by atoms with Crippen LogP contribution in [0.5, 0.6) is 11.5 Å². The van der Waals surface area contributed by atoms with Crippen LogP contribution >= 0.6 is 0 Å². The van der Waals surface area contributed by atoms with Gasteiger partial charge in [-0.1, -0.05) is 42.5 Å². The number of hydrogen-bond acceptors (Lipinski definition) is 6. The van der Waals surface area contributed by atoms with Gasteiger partial charge < -0.3 is 29.3 Å². The maximum Gasteiger partial charge on any atom is 0.226 e. The minimum Gasteiger partial charge on any atom is -0.497 e. The Kier molecular flexibility index (Phi) is 8.86. The van der Waals surface area contributed by atoms with Crippen molar-refractivity contribution in [3.05, 3.63) is 138 Å². The number of aryl methyl sites for hydroxylation is 2. The van der Waals surface area contributed by atoms with Gasteiger partial charge in [0.05, 0.1) is 33.1 Å². The Labute approximate surface area is 278 Å². The number of para-hydroxylation sites is 2. The van der Waals surface area contributed by atoms with Crippen LogP contribution in [0.2, 0.25) is 0 Å². The van der Waals surface area contributed by atoms with Crippen molar-refractivity contribution < 1.29 is 14.3 Å². The van der Waals surface area contributed by atoms with E-state index >= 15 is 0 Å². The molecule has 0 fully saturated rings. The molecule has 3 N–H and O–H groups in total. The van der Waals surface area contributed by atoms with Crippen molar-refractivity contribution in [3.8, 4) is 11.5 Å². The fraction of sp³-hybridized carbons (Fsp3) is 0.211. The highest BCUT2D eigenvalue weighted by Gasteiger charge is 2.27. The van der Waals surface area contributed by atoms with Gasteiger partial charge in [0, 0.05) is 70.7 Å². The highest BCUT2D eigenvalue weighted by Crippen LogP contribution is 2.32. The summed E-state index contributed by atoms with van der Waals surface area (Å²) in [6.45, 7) is 0.799. The van der Waals surface area contributed by atoms with Crippen molar-refractivity contribution >= 4 is 27.7 Å². The molecule has 3 aromatic carbocycles. The number of carbonyl (C=O) groups is 1. The predicted molar refractivity (Wildman–Crippen MR) is 185 cm³/mol. The van der Waals surface area contributed by atoms with Gasteiger partial charge in [-0.05, 0) is 53.9 Å². The third-order valence-corrected chi connectivity index (χ3v) is 8.85. The van der Waals surface area contributed by atoms with Crippen LogP contribution in [0.1, 0.15) is 40.0 Å². The number of carbonyl (C=O) groups excluding carboxylic acids is 1. The Balaban J connectivity index is 1.28. The Bertz CT molecular complexity index is 2170. The van der Waals surface area contributed by atoms with Gasteiger partial charge in [0.25, 0.3) is 0 Å². The Morgan fingerprint density at radius 1 is 0.833 bits per heavy atom. The molecule has 0 radical (unpaired) electrons. The van der Waals surface area contributed by atoms with Gasteiger partial charge in [-0.25, -0.2) is 0 Å². The van der Waals surface area contributed by atoms with Crippen LogP contribution < -0.4 is 14.8 Å². The maximum atomic E-state index is 13.2. The molecule has 0 aliphatic carbocycles. The van der Waals surface area contributed by atoms with E-state index in [0.717, 1.165) is 45.6 Å². The molecular formula is C38H37N7O3. The first-order valence-corrected chi connectivity index (χ1v) is 16.0. The number of amides is 1. The Morgan fingerprint density at radius 2 is 1.60 bits per heavy atom. The SMILES string of the molecule is COc1ccc(Cn2c(CCc3c[nH]c4ccccc34)nnc2C(CNC(=O)Cc2ccccn2)c2c[nH]c3ccccc23)c(OC)c1. The van der Waals surface area contributed by atoms with Crippen LogP contribution in [0.25, 0.3) is 21.8 Å². The molecule has 48 heavy (non-hydrogen) atoms. The van der Waals surface area contributed by atoms with E-state index in [9.17, 15) is 4.79 Å². The van der Waals surface area contributed by atoms with E-state index in [1.165, 1.54) is 10.9 Å². The summed E-state index contributed by atoms with van der Waals surface area (Å²) < 4.78 is 13.5. The normalized spacial score (nSPS) is 12.0. The zero-order valence-electron chi connectivity index (χ0n) is 26.9. The highest BCUT2D eigenvalue weighted by atomic mass is 16.5. The standard InChI is InChI=1S/C38H37N7O3/c1-47-28-16-14-26(35(20-28)48-2)24-45-36(17-15-25-21-40-33-12-5-3-10-29(25)33)43-44-38(45)32(31-22-41-34-13-6-4-11-30(31)34)23-42-37(46)19-27-9-7-8-18-39-27/h3-14,16,18,20-22,32,40-41H,15,17,19,23-24H2,1-2H3,(H,42,46). The fourth-order valence-electron chi connectivity index (χ4n) is 6.37. The molecule has 4 heterocycles. The van der Waals surface area contributed by atoms with Gasteiger partial charge in [0.15, 0.2) is 0 Å². The predicted octanol–water partition coefficient (Wildman–Crippen LogP) is 5.98. The number of nitrogens with zero attached hydrogens (tertiary/aromatic N) is 4. The molecule has 10 heteroatoms. The van der Waals surface area contributed by atoms with Gasteiger partial charge in [-0.15, -0.1) is 10.2 Å². The first kappa shape index (κ1) is 30.7. The number of H-pyrrole nitrogens is 2. The molecule has 4 aromatic heterocycles. The highest BCUT2D eigenvalue weighted by molar-refractivity contribution is 5.85. The summed E-state index contributed by atoms with van der Waals surface area (Å²) in [6, 6.07) is 27.9. The first-order chi connectivity index (χ1) is 23.6. The molecule has 0 aliphatic rings. The van der Waals surface area contributed by atoms with E-state index in [1.54, 1.807) is 20.4 Å². The molecule has 0 bridgehead atoms.